The zero-order chi connectivity index (χ0) is 102. The molecule has 8 aliphatic rings. The molecule has 0 bridgehead atoms. The molecule has 4 saturated heterocycles. The maximum Gasteiger partial charge on any atom is 0.338 e. The van der Waals surface area contributed by atoms with Crippen molar-refractivity contribution in [2.24, 2.45) is 23.7 Å². The first-order valence-corrected chi connectivity index (χ1v) is 54.2. The zero-order valence-electron chi connectivity index (χ0n) is 82.3. The van der Waals surface area contributed by atoms with Gasteiger partial charge in [0.1, 0.15) is 56.3 Å². The molecule has 746 valence electrons. The van der Waals surface area contributed by atoms with Gasteiger partial charge in [-0.1, -0.05) is 220 Å². The van der Waals surface area contributed by atoms with Crippen LogP contribution in [0, 0.1) is 30.6 Å². The van der Waals surface area contributed by atoms with Crippen molar-refractivity contribution in [2.45, 2.75) is 215 Å². The standard InChI is InChI=1S/C51H56N2O13Si.C35H41NO6SSi.C23H23NO7/c1-29-39(52-43(54)33-23-15-16-24-34(33)44(52)55)49(60-6)63-37(27-61-47(58)31-19-11-9-12-20-31)41(29)65-50-40(53-45(56)35-25-17-18-26-36(35)46(53)57)30(2)42(66-67(7,8)51(3,4)5)38(64-50)28-62-48(59)32-21-13-10-14-22-32;1-22-17-19-25(20-18-22)43-34-29(36-31(37)26-15-11-12-16-27(26)32(36)38)23(2)30(42-44(6,7)35(3,4)5)28(41-34)21-40-33(39)24-13-9-8-10-14-24;1-13-18(24-20(26)15-10-6-7-11-16(15)21(24)27)23(29-2)31-17(19(13)25)12-30-22(28)14-8-4-3-5-9-14/h9-26,29-30,37-42,49-50H,27-28H2,1-8H3;8-20,23,28-30,34H,21H2,1-7H3;3-11,13,17-19,23,25H,12H2,1-2H3/t29?,30-,37?,38?,39-,40+,41-,42?,49+,50?;23-,28?,29+,30?,34?;13-,17?,18+,19?,23?/m111/s1. The first-order valence-electron chi connectivity index (χ1n) is 47.5. The van der Waals surface area contributed by atoms with E-state index in [9.17, 15) is 62.6 Å². The van der Waals surface area contributed by atoms with E-state index in [-0.39, 0.29) is 82.1 Å². The van der Waals surface area contributed by atoms with Gasteiger partial charge < -0.3 is 66.1 Å². The molecule has 0 spiro atoms. The Hall–Kier alpha value is -12.2. The van der Waals surface area contributed by atoms with E-state index < -0.39 is 191 Å². The van der Waals surface area contributed by atoms with Crippen LogP contribution in [0.4, 0.5) is 0 Å². The summed E-state index contributed by atoms with van der Waals surface area (Å²) in [5, 5.41) is 10.4. The van der Waals surface area contributed by atoms with Gasteiger partial charge in [-0.3, -0.25) is 58.0 Å². The molecule has 30 nitrogen and oxygen atoms in total. The van der Waals surface area contributed by atoms with Crippen molar-refractivity contribution >= 4 is 99.5 Å². The number of ether oxygens (including phenoxy) is 11. The summed E-state index contributed by atoms with van der Waals surface area (Å²) in [6, 6.07) is 65.0. The molecule has 8 heterocycles. The summed E-state index contributed by atoms with van der Waals surface area (Å²) in [5.74, 6) is -8.54. The van der Waals surface area contributed by atoms with Crippen LogP contribution in [0.5, 0.6) is 0 Å². The average Bonchev–Trinajstić information content (AvgIpc) is 1.55. The number of nitrogens with zero attached hydrogens (tertiary/aromatic N) is 4. The van der Waals surface area contributed by atoms with Crippen LogP contribution >= 0.6 is 11.8 Å². The number of rotatable bonds is 26. The Balaban J connectivity index is 0.000000174. The fourth-order valence-electron chi connectivity index (χ4n) is 18.7. The Bertz CT molecular complexity index is 6020. The molecule has 0 aliphatic carbocycles. The van der Waals surface area contributed by atoms with Gasteiger partial charge in [-0.05, 0) is 152 Å². The quantitative estimate of drug-likeness (QED) is 0.0228. The topological polar surface area (TPSA) is 358 Å². The lowest BCUT2D eigenvalue weighted by Crippen LogP contribution is -2.68. The van der Waals surface area contributed by atoms with Crippen LogP contribution in [0.15, 0.2) is 248 Å². The van der Waals surface area contributed by atoms with Crippen LogP contribution in [0.1, 0.15) is 199 Å². The number of aliphatic hydroxyl groups is 1. The van der Waals surface area contributed by atoms with E-state index in [1.165, 1.54) is 30.9 Å². The van der Waals surface area contributed by atoms with E-state index >= 15 is 0 Å². The second-order valence-corrected chi connectivity index (χ2v) is 50.4. The van der Waals surface area contributed by atoms with Gasteiger partial charge in [-0.2, -0.15) is 0 Å². The van der Waals surface area contributed by atoms with Crippen LogP contribution in [0.25, 0.3) is 0 Å². The first-order chi connectivity index (χ1) is 67.6. The van der Waals surface area contributed by atoms with E-state index in [0.717, 1.165) is 25.2 Å². The minimum Gasteiger partial charge on any atom is -0.459 e. The SMILES string of the molecule is COC1OC(COC(=O)c2ccccc2)C(O)[C@H](C)[C@@H]1N1C(=O)c2ccccc2C1=O.CO[C@H]1OC(COC(=O)c2ccccc2)[C@H](OC2OC(COC(=O)c3ccccc3)C(O[Si](C)(C)C(C)(C)C)[C@H](C)[C@@H]2N2C(=O)c3ccccc3C2=O)C(C)[C@H]1N1C(=O)c2ccccc2C1=O.Cc1ccc(SC2OC(COC(=O)c3ccccc3)C(O[Si](C)(C)C(C)(C)C)[C@H](C)[C@@H]2N2C(=O)c3ccccc3C2=O)cc1. The highest BCUT2D eigenvalue weighted by atomic mass is 32.2. The molecule has 8 aliphatic heterocycles. The molecule has 17 rings (SSSR count). The summed E-state index contributed by atoms with van der Waals surface area (Å²) in [4.78, 5) is 169. The lowest BCUT2D eigenvalue weighted by Gasteiger charge is -2.53. The number of thioether (sulfide) groups is 1. The van der Waals surface area contributed by atoms with Gasteiger partial charge in [0.2, 0.25) is 0 Å². The third kappa shape index (κ3) is 21.4. The number of methoxy groups -OCH3 is 2. The predicted molar refractivity (Wildman–Crippen MR) is 527 cm³/mol. The normalized spacial score (nSPS) is 26.4. The number of hydrogen-bond donors (Lipinski definition) is 1. The first kappa shape index (κ1) is 104. The number of fused-ring (bicyclic) bond motifs is 4. The van der Waals surface area contributed by atoms with Crippen LogP contribution in [0.2, 0.25) is 36.3 Å². The number of carbonyl (C=O) groups excluding carboxylic acids is 12. The van der Waals surface area contributed by atoms with Crippen molar-refractivity contribution in [3.05, 3.63) is 315 Å². The number of amides is 8. The molecule has 142 heavy (non-hydrogen) atoms. The second-order valence-electron chi connectivity index (χ2n) is 39.7. The van der Waals surface area contributed by atoms with Gasteiger partial charge in [0.25, 0.3) is 47.3 Å². The maximum atomic E-state index is 14.5. The molecule has 0 aromatic heterocycles. The lowest BCUT2D eigenvalue weighted by atomic mass is 9.85. The van der Waals surface area contributed by atoms with Crippen molar-refractivity contribution in [3.63, 3.8) is 0 Å². The summed E-state index contributed by atoms with van der Waals surface area (Å²) in [6.07, 6.45) is -11.0. The average molecular weight is 1990 g/mol. The Kier molecular flexibility index (Phi) is 31.9. The Morgan fingerprint density at radius 3 is 0.887 bits per heavy atom. The Morgan fingerprint density at radius 2 is 0.577 bits per heavy atom. The van der Waals surface area contributed by atoms with Gasteiger partial charge in [0.05, 0.1) is 115 Å². The van der Waals surface area contributed by atoms with Gasteiger partial charge >= 0.3 is 23.9 Å². The summed E-state index contributed by atoms with van der Waals surface area (Å²) in [6.45, 7) is 29.6. The lowest BCUT2D eigenvalue weighted by molar-refractivity contribution is -0.324. The smallest absolute Gasteiger partial charge is 0.338 e. The number of aliphatic hydroxyl groups excluding tert-OH is 1. The molecule has 9 aromatic rings. The number of hydrogen-bond acceptors (Lipinski definition) is 27. The monoisotopic (exact) mass is 1990 g/mol. The summed E-state index contributed by atoms with van der Waals surface area (Å²) in [7, 11) is -2.28. The van der Waals surface area contributed by atoms with E-state index in [1.807, 2.05) is 51.1 Å². The van der Waals surface area contributed by atoms with Crippen molar-refractivity contribution in [1.82, 2.24) is 19.6 Å². The Morgan fingerprint density at radius 1 is 0.331 bits per heavy atom. The van der Waals surface area contributed by atoms with Gasteiger partial charge in [-0.25, -0.2) is 19.2 Å². The number of esters is 4. The molecule has 8 amide bonds. The highest BCUT2D eigenvalue weighted by Gasteiger charge is 2.61. The van der Waals surface area contributed by atoms with Gasteiger partial charge in [0.15, 0.2) is 35.5 Å². The molecule has 4 fully saturated rings. The molecular weight excluding hydrogens is 1870 g/mol. The molecule has 1 N–H and O–H groups in total. The minimum absolute atomic E-state index is 0.0306. The van der Waals surface area contributed by atoms with Crippen LogP contribution in [-0.4, -0.2) is 250 Å². The highest BCUT2D eigenvalue weighted by Crippen LogP contribution is 2.50. The molecule has 11 unspecified atom stereocenters. The molecular formula is C109H120N4O26SSi2. The molecule has 0 radical (unpaired) electrons. The largest absolute Gasteiger partial charge is 0.459 e. The van der Waals surface area contributed by atoms with Crippen LogP contribution in [-0.2, 0) is 61.0 Å². The van der Waals surface area contributed by atoms with Crippen molar-refractivity contribution in [1.29, 1.82) is 0 Å². The van der Waals surface area contributed by atoms with Gasteiger partial charge in [-0.15, -0.1) is 0 Å². The molecule has 9 aromatic carbocycles. The second kappa shape index (κ2) is 43.5. The third-order valence-corrected chi connectivity index (χ3v) is 38.7. The highest BCUT2D eigenvalue weighted by molar-refractivity contribution is 7.99. The molecule has 33 heteroatoms. The number of aryl methyl sites for hydroxylation is 1. The molecule has 20 atom stereocenters. The maximum absolute atomic E-state index is 14.5. The van der Waals surface area contributed by atoms with E-state index in [2.05, 4.69) is 67.7 Å². The fraction of sp³-hybridized carbons (Fsp3) is 0.394. The van der Waals surface area contributed by atoms with Crippen LogP contribution < -0.4 is 0 Å². The summed E-state index contributed by atoms with van der Waals surface area (Å²) < 4.78 is 81.6. The van der Waals surface area contributed by atoms with E-state index in [4.69, 9.17) is 61.0 Å². The number of imide groups is 4. The summed E-state index contributed by atoms with van der Waals surface area (Å²) in [5.41, 5.74) is 4.15. The number of benzene rings is 9. The van der Waals surface area contributed by atoms with E-state index in [1.54, 1.807) is 226 Å². The fourth-order valence-corrected chi connectivity index (χ4v) is 22.8. The third-order valence-electron chi connectivity index (χ3n) is 28.6. The van der Waals surface area contributed by atoms with Crippen molar-refractivity contribution in [3.8, 4) is 0 Å². The van der Waals surface area contributed by atoms with Gasteiger partial charge in [0, 0.05) is 42.8 Å². The zero-order valence-corrected chi connectivity index (χ0v) is 85.1. The number of carbonyl (C=O) groups is 12. The van der Waals surface area contributed by atoms with E-state index in [0.29, 0.717) is 38.9 Å². The van der Waals surface area contributed by atoms with Crippen molar-refractivity contribution < 1.29 is 124 Å². The predicted octanol–water partition coefficient (Wildman–Crippen LogP) is 16.4. The molecule has 0 saturated carbocycles. The minimum atomic E-state index is -2.68. The Labute approximate surface area is 831 Å². The van der Waals surface area contributed by atoms with Crippen molar-refractivity contribution in [2.75, 3.05) is 40.6 Å². The summed E-state index contributed by atoms with van der Waals surface area (Å²) >= 11 is 1.46. The van der Waals surface area contributed by atoms with Crippen LogP contribution in [0.3, 0.4) is 0 Å².